The van der Waals surface area contributed by atoms with E-state index in [2.05, 4.69) is 35.9 Å². The van der Waals surface area contributed by atoms with E-state index in [-0.39, 0.29) is 5.91 Å². The number of carbonyl (C=O) groups is 1. The summed E-state index contributed by atoms with van der Waals surface area (Å²) in [6.45, 7) is 9.88. The van der Waals surface area contributed by atoms with Crippen molar-refractivity contribution in [3.05, 3.63) is 51.8 Å². The van der Waals surface area contributed by atoms with E-state index in [0.29, 0.717) is 23.9 Å². The van der Waals surface area contributed by atoms with Crippen molar-refractivity contribution in [1.82, 2.24) is 15.1 Å². The molecule has 2 rings (SSSR count). The second-order valence-electron chi connectivity index (χ2n) is 6.63. The average molecular weight is 348 g/mol. The highest BCUT2D eigenvalue weighted by molar-refractivity contribution is 6.30. The molecule has 24 heavy (non-hydrogen) atoms. The second-order valence-corrected chi connectivity index (χ2v) is 7.07. The molecule has 5 heteroatoms. The van der Waals surface area contributed by atoms with Gasteiger partial charge in [0.15, 0.2) is 0 Å². The smallest absolute Gasteiger partial charge is 0.220 e. The Balaban J connectivity index is 1.88. The van der Waals surface area contributed by atoms with Gasteiger partial charge >= 0.3 is 0 Å². The number of rotatable bonds is 7. The summed E-state index contributed by atoms with van der Waals surface area (Å²) in [5.74, 6) is 0.599. The van der Waals surface area contributed by atoms with Crippen LogP contribution in [0.15, 0.2) is 24.3 Å². The van der Waals surface area contributed by atoms with Crippen molar-refractivity contribution in [1.29, 1.82) is 0 Å². The van der Waals surface area contributed by atoms with Gasteiger partial charge in [0.1, 0.15) is 0 Å². The molecule has 0 spiro atoms. The van der Waals surface area contributed by atoms with Gasteiger partial charge in [0.2, 0.25) is 5.91 Å². The Bertz CT molecular complexity index is 707. The van der Waals surface area contributed by atoms with E-state index in [1.54, 1.807) is 0 Å². The molecule has 0 unspecified atom stereocenters. The van der Waals surface area contributed by atoms with Crippen LogP contribution in [0.2, 0.25) is 5.02 Å². The van der Waals surface area contributed by atoms with Gasteiger partial charge in [0.25, 0.3) is 0 Å². The number of hydrogen-bond donors (Lipinski definition) is 1. The first-order valence-electron chi connectivity index (χ1n) is 8.41. The Kier molecular flexibility index (Phi) is 6.44. The van der Waals surface area contributed by atoms with Gasteiger partial charge in [-0.15, -0.1) is 0 Å². The van der Waals surface area contributed by atoms with Gasteiger partial charge < -0.3 is 5.32 Å². The predicted molar refractivity (Wildman–Crippen MR) is 98.2 cm³/mol. The molecule has 0 aliphatic rings. The molecule has 0 saturated carbocycles. The fraction of sp³-hybridized carbons (Fsp3) is 0.474. The summed E-state index contributed by atoms with van der Waals surface area (Å²) >= 11 is 5.95. The van der Waals surface area contributed by atoms with Crippen molar-refractivity contribution in [3.8, 4) is 0 Å². The first kappa shape index (κ1) is 18.5. The Labute approximate surface area is 149 Å². The molecule has 0 saturated heterocycles. The summed E-state index contributed by atoms with van der Waals surface area (Å²) in [7, 11) is 0. The minimum absolute atomic E-state index is 0.0467. The van der Waals surface area contributed by atoms with E-state index in [4.69, 9.17) is 11.6 Å². The number of nitrogens with zero attached hydrogens (tertiary/aromatic N) is 2. The van der Waals surface area contributed by atoms with Crippen molar-refractivity contribution in [2.24, 2.45) is 5.92 Å². The normalized spacial score (nSPS) is 11.1. The van der Waals surface area contributed by atoms with Gasteiger partial charge in [-0.05, 0) is 49.4 Å². The van der Waals surface area contributed by atoms with Crippen LogP contribution in [0, 0.1) is 19.8 Å². The average Bonchev–Trinajstić information content (AvgIpc) is 2.77. The minimum atomic E-state index is 0.0467. The molecule has 2 aromatic rings. The topological polar surface area (TPSA) is 46.9 Å². The highest BCUT2D eigenvalue weighted by Gasteiger charge is 2.13. The monoisotopic (exact) mass is 347 g/mol. The zero-order valence-corrected chi connectivity index (χ0v) is 15.7. The SMILES string of the molecule is Cc1nn(CC(C)C)c(C)c1CCC(=O)NCc1cccc(Cl)c1. The lowest BCUT2D eigenvalue weighted by atomic mass is 10.1. The number of aromatic nitrogens is 2. The lowest BCUT2D eigenvalue weighted by Crippen LogP contribution is -2.23. The van der Waals surface area contributed by atoms with Crippen LogP contribution in [0.1, 0.15) is 42.8 Å². The molecule has 130 valence electrons. The van der Waals surface area contributed by atoms with Crippen molar-refractivity contribution in [2.45, 2.75) is 53.6 Å². The lowest BCUT2D eigenvalue weighted by Gasteiger charge is -2.08. The van der Waals surface area contributed by atoms with Crippen LogP contribution in [-0.4, -0.2) is 15.7 Å². The third-order valence-corrected chi connectivity index (χ3v) is 4.29. The maximum absolute atomic E-state index is 12.1. The molecule has 0 atom stereocenters. The molecule has 0 bridgehead atoms. The molecule has 4 nitrogen and oxygen atoms in total. The maximum Gasteiger partial charge on any atom is 0.220 e. The number of nitrogens with one attached hydrogen (secondary N) is 1. The molecule has 1 aromatic carbocycles. The molecular formula is C19H26ClN3O. The first-order valence-corrected chi connectivity index (χ1v) is 8.78. The summed E-state index contributed by atoms with van der Waals surface area (Å²) in [5.41, 5.74) is 4.39. The Morgan fingerprint density at radius 3 is 2.75 bits per heavy atom. The summed E-state index contributed by atoms with van der Waals surface area (Å²) in [4.78, 5) is 12.1. The van der Waals surface area contributed by atoms with Gasteiger partial charge in [-0.3, -0.25) is 9.48 Å². The van der Waals surface area contributed by atoms with Crippen LogP contribution in [0.4, 0.5) is 0 Å². The molecule has 0 aliphatic heterocycles. The highest BCUT2D eigenvalue weighted by Crippen LogP contribution is 2.16. The number of aryl methyl sites for hydroxylation is 1. The standard InChI is InChI=1S/C19H26ClN3O/c1-13(2)12-23-15(4)18(14(3)22-23)8-9-19(24)21-11-16-6-5-7-17(20)10-16/h5-7,10,13H,8-9,11-12H2,1-4H3,(H,21,24). The Morgan fingerprint density at radius 1 is 1.33 bits per heavy atom. The largest absolute Gasteiger partial charge is 0.352 e. The second kappa shape index (κ2) is 8.34. The number of benzene rings is 1. The van der Waals surface area contributed by atoms with Crippen LogP contribution < -0.4 is 5.32 Å². The van der Waals surface area contributed by atoms with E-state index in [0.717, 1.165) is 24.2 Å². The van der Waals surface area contributed by atoms with Crippen molar-refractivity contribution in [3.63, 3.8) is 0 Å². The van der Waals surface area contributed by atoms with E-state index in [1.165, 1.54) is 11.3 Å². The Hall–Kier alpha value is -1.81. The summed E-state index contributed by atoms with van der Waals surface area (Å²) in [6.07, 6.45) is 1.19. The molecule has 1 aromatic heterocycles. The number of halogens is 1. The number of amides is 1. The van der Waals surface area contributed by atoms with Gasteiger partial charge in [0.05, 0.1) is 5.69 Å². The summed E-state index contributed by atoms with van der Waals surface area (Å²) in [5, 5.41) is 8.24. The van der Waals surface area contributed by atoms with Crippen LogP contribution in [0.5, 0.6) is 0 Å². The van der Waals surface area contributed by atoms with Crippen molar-refractivity contribution < 1.29 is 4.79 Å². The number of hydrogen-bond acceptors (Lipinski definition) is 2. The Morgan fingerprint density at radius 2 is 2.08 bits per heavy atom. The zero-order chi connectivity index (χ0) is 17.7. The highest BCUT2D eigenvalue weighted by atomic mass is 35.5. The predicted octanol–water partition coefficient (Wildman–Crippen LogP) is 4.06. The quantitative estimate of drug-likeness (QED) is 0.821. The van der Waals surface area contributed by atoms with Crippen molar-refractivity contribution in [2.75, 3.05) is 0 Å². The van der Waals surface area contributed by atoms with Gasteiger partial charge in [-0.1, -0.05) is 37.6 Å². The molecule has 1 N–H and O–H groups in total. The van der Waals surface area contributed by atoms with Gasteiger partial charge in [-0.25, -0.2) is 0 Å². The van der Waals surface area contributed by atoms with Crippen LogP contribution in [-0.2, 0) is 24.3 Å². The van der Waals surface area contributed by atoms with Crippen LogP contribution in [0.25, 0.3) is 0 Å². The third kappa shape index (κ3) is 5.10. The molecule has 0 radical (unpaired) electrons. The fourth-order valence-corrected chi connectivity index (χ4v) is 3.01. The third-order valence-electron chi connectivity index (χ3n) is 4.05. The number of carbonyl (C=O) groups excluding carboxylic acids is 1. The van der Waals surface area contributed by atoms with Crippen LogP contribution in [0.3, 0.4) is 0 Å². The van der Waals surface area contributed by atoms with E-state index >= 15 is 0 Å². The summed E-state index contributed by atoms with van der Waals surface area (Å²) in [6, 6.07) is 7.54. The molecule has 1 amide bonds. The molecule has 1 heterocycles. The maximum atomic E-state index is 12.1. The van der Waals surface area contributed by atoms with E-state index < -0.39 is 0 Å². The van der Waals surface area contributed by atoms with E-state index in [1.807, 2.05) is 31.2 Å². The van der Waals surface area contributed by atoms with Crippen molar-refractivity contribution >= 4 is 17.5 Å². The minimum Gasteiger partial charge on any atom is -0.352 e. The summed E-state index contributed by atoms with van der Waals surface area (Å²) < 4.78 is 2.05. The fourth-order valence-electron chi connectivity index (χ4n) is 2.79. The molecular weight excluding hydrogens is 322 g/mol. The molecule has 0 fully saturated rings. The first-order chi connectivity index (χ1) is 11.4. The van der Waals surface area contributed by atoms with E-state index in [9.17, 15) is 4.79 Å². The molecule has 0 aliphatic carbocycles. The lowest BCUT2D eigenvalue weighted by molar-refractivity contribution is -0.121. The van der Waals surface area contributed by atoms with Gasteiger partial charge in [0, 0.05) is 30.2 Å². The zero-order valence-electron chi connectivity index (χ0n) is 14.9. The van der Waals surface area contributed by atoms with Crippen LogP contribution >= 0.6 is 11.6 Å². The van der Waals surface area contributed by atoms with Gasteiger partial charge in [-0.2, -0.15) is 5.10 Å².